The minimum Gasteiger partial charge on any atom is -0.313 e. The Balaban J connectivity index is 1.89. The van der Waals surface area contributed by atoms with Crippen molar-refractivity contribution in [2.75, 3.05) is 12.3 Å². The van der Waals surface area contributed by atoms with E-state index < -0.39 is 0 Å². The quantitative estimate of drug-likeness (QED) is 0.746. The van der Waals surface area contributed by atoms with Crippen molar-refractivity contribution in [3.8, 4) is 0 Å². The van der Waals surface area contributed by atoms with Crippen molar-refractivity contribution in [2.45, 2.75) is 57.4 Å². The predicted octanol–water partition coefficient (Wildman–Crippen LogP) is 4.29. The standard InChI is InChI=1S/C17H27NS/c1-4-10-18-17(13(2)3)12-19-16-9-8-14-6-5-7-15(14)11-16/h8-9,11,13,17-18H,4-7,10,12H2,1-3H3. The van der Waals surface area contributed by atoms with Crippen LogP contribution in [0.4, 0.5) is 0 Å². The van der Waals surface area contributed by atoms with E-state index in [0.717, 1.165) is 6.54 Å². The lowest BCUT2D eigenvalue weighted by Crippen LogP contribution is -2.36. The van der Waals surface area contributed by atoms with Crippen LogP contribution < -0.4 is 5.32 Å². The Hall–Kier alpha value is -0.470. The first-order valence-corrected chi connectivity index (χ1v) is 8.67. The lowest BCUT2D eigenvalue weighted by molar-refractivity contribution is 0.434. The second-order valence-electron chi connectivity index (χ2n) is 5.90. The summed E-state index contributed by atoms with van der Waals surface area (Å²) in [5.74, 6) is 1.88. The van der Waals surface area contributed by atoms with Crippen molar-refractivity contribution in [1.29, 1.82) is 0 Å². The maximum absolute atomic E-state index is 3.67. The largest absolute Gasteiger partial charge is 0.313 e. The highest BCUT2D eigenvalue weighted by Gasteiger charge is 2.14. The summed E-state index contributed by atoms with van der Waals surface area (Å²) in [4.78, 5) is 1.45. The van der Waals surface area contributed by atoms with E-state index in [1.807, 2.05) is 11.8 Å². The maximum Gasteiger partial charge on any atom is 0.0184 e. The summed E-state index contributed by atoms with van der Waals surface area (Å²) in [5, 5.41) is 3.67. The van der Waals surface area contributed by atoms with E-state index in [0.29, 0.717) is 12.0 Å². The summed E-state index contributed by atoms with van der Waals surface area (Å²) in [5.41, 5.74) is 3.17. The molecule has 1 aliphatic carbocycles. The number of thioether (sulfide) groups is 1. The molecular weight excluding hydrogens is 250 g/mol. The van der Waals surface area contributed by atoms with Gasteiger partial charge in [0.05, 0.1) is 0 Å². The van der Waals surface area contributed by atoms with Crippen LogP contribution in [0.15, 0.2) is 23.1 Å². The Kier molecular flexibility index (Phi) is 5.77. The van der Waals surface area contributed by atoms with Gasteiger partial charge in [-0.1, -0.05) is 26.8 Å². The summed E-state index contributed by atoms with van der Waals surface area (Å²) >= 11 is 2.01. The Bertz CT molecular complexity index is 400. The molecule has 0 saturated carbocycles. The first-order chi connectivity index (χ1) is 9.20. The predicted molar refractivity (Wildman–Crippen MR) is 86.1 cm³/mol. The molecule has 1 aromatic rings. The zero-order chi connectivity index (χ0) is 13.7. The van der Waals surface area contributed by atoms with Gasteiger partial charge in [-0.3, -0.25) is 0 Å². The summed E-state index contributed by atoms with van der Waals surface area (Å²) in [6, 6.07) is 7.70. The monoisotopic (exact) mass is 277 g/mol. The van der Waals surface area contributed by atoms with Crippen LogP contribution in [0.5, 0.6) is 0 Å². The van der Waals surface area contributed by atoms with Crippen molar-refractivity contribution >= 4 is 11.8 Å². The second-order valence-corrected chi connectivity index (χ2v) is 6.99. The van der Waals surface area contributed by atoms with Gasteiger partial charge in [0.1, 0.15) is 0 Å². The molecule has 1 nitrogen and oxygen atoms in total. The van der Waals surface area contributed by atoms with Crippen molar-refractivity contribution in [3.05, 3.63) is 29.3 Å². The molecule has 1 N–H and O–H groups in total. The fraction of sp³-hybridized carbons (Fsp3) is 0.647. The van der Waals surface area contributed by atoms with Crippen LogP contribution in [0.25, 0.3) is 0 Å². The van der Waals surface area contributed by atoms with Crippen LogP contribution in [-0.4, -0.2) is 18.3 Å². The van der Waals surface area contributed by atoms with Gasteiger partial charge in [0.2, 0.25) is 0 Å². The number of rotatable bonds is 7. The molecule has 19 heavy (non-hydrogen) atoms. The van der Waals surface area contributed by atoms with Gasteiger partial charge in [-0.25, -0.2) is 0 Å². The number of aryl methyl sites for hydroxylation is 2. The molecule has 1 unspecified atom stereocenters. The van der Waals surface area contributed by atoms with Crippen LogP contribution >= 0.6 is 11.8 Å². The van der Waals surface area contributed by atoms with E-state index in [1.54, 1.807) is 11.1 Å². The fourth-order valence-electron chi connectivity index (χ4n) is 2.64. The fourth-order valence-corrected chi connectivity index (χ4v) is 3.91. The lowest BCUT2D eigenvalue weighted by atomic mass is 10.1. The molecule has 2 rings (SSSR count). The Labute approximate surface area is 122 Å². The Morgan fingerprint density at radius 1 is 1.21 bits per heavy atom. The molecule has 0 bridgehead atoms. The van der Waals surface area contributed by atoms with Crippen molar-refractivity contribution in [2.24, 2.45) is 5.92 Å². The molecule has 2 heteroatoms. The SMILES string of the molecule is CCCNC(CSc1ccc2c(c1)CCC2)C(C)C. The average molecular weight is 277 g/mol. The van der Waals surface area contributed by atoms with Gasteiger partial charge in [0, 0.05) is 16.7 Å². The number of hydrogen-bond acceptors (Lipinski definition) is 2. The number of fused-ring (bicyclic) bond motifs is 1. The summed E-state index contributed by atoms with van der Waals surface area (Å²) in [6.07, 6.45) is 5.13. The summed E-state index contributed by atoms with van der Waals surface area (Å²) in [6.45, 7) is 8.00. The molecule has 0 aromatic heterocycles. The maximum atomic E-state index is 3.67. The molecule has 0 aliphatic heterocycles. The van der Waals surface area contributed by atoms with Crippen LogP contribution in [0, 0.1) is 5.92 Å². The summed E-state index contributed by atoms with van der Waals surface area (Å²) in [7, 11) is 0. The molecular formula is C17H27NS. The third-order valence-electron chi connectivity index (χ3n) is 3.96. The van der Waals surface area contributed by atoms with E-state index in [9.17, 15) is 0 Å². The average Bonchev–Trinajstić information content (AvgIpc) is 2.85. The smallest absolute Gasteiger partial charge is 0.0184 e. The molecule has 0 heterocycles. The lowest BCUT2D eigenvalue weighted by Gasteiger charge is -2.22. The zero-order valence-corrected chi connectivity index (χ0v) is 13.4. The molecule has 0 fully saturated rings. The van der Waals surface area contributed by atoms with E-state index in [-0.39, 0.29) is 0 Å². The van der Waals surface area contributed by atoms with Gasteiger partial charge < -0.3 is 5.32 Å². The van der Waals surface area contributed by atoms with Crippen molar-refractivity contribution in [1.82, 2.24) is 5.32 Å². The van der Waals surface area contributed by atoms with Gasteiger partial charge in [-0.2, -0.15) is 0 Å². The Morgan fingerprint density at radius 3 is 2.74 bits per heavy atom. The number of benzene rings is 1. The molecule has 0 saturated heterocycles. The van der Waals surface area contributed by atoms with Crippen LogP contribution in [-0.2, 0) is 12.8 Å². The van der Waals surface area contributed by atoms with Crippen LogP contribution in [0.1, 0.15) is 44.7 Å². The van der Waals surface area contributed by atoms with Crippen molar-refractivity contribution in [3.63, 3.8) is 0 Å². The normalized spacial score (nSPS) is 15.8. The molecule has 0 amide bonds. The van der Waals surface area contributed by atoms with E-state index in [1.165, 1.54) is 36.3 Å². The molecule has 1 aromatic carbocycles. The summed E-state index contributed by atoms with van der Waals surface area (Å²) < 4.78 is 0. The second kappa shape index (κ2) is 7.35. The minimum absolute atomic E-state index is 0.623. The van der Waals surface area contributed by atoms with E-state index >= 15 is 0 Å². The third kappa shape index (κ3) is 4.25. The topological polar surface area (TPSA) is 12.0 Å². The number of nitrogens with one attached hydrogen (secondary N) is 1. The first kappa shape index (κ1) is 14.9. The molecule has 0 spiro atoms. The zero-order valence-electron chi connectivity index (χ0n) is 12.5. The van der Waals surface area contributed by atoms with E-state index in [2.05, 4.69) is 44.3 Å². The third-order valence-corrected chi connectivity index (χ3v) is 5.07. The molecule has 1 aliphatic rings. The highest BCUT2D eigenvalue weighted by molar-refractivity contribution is 7.99. The van der Waals surface area contributed by atoms with Crippen molar-refractivity contribution < 1.29 is 0 Å². The van der Waals surface area contributed by atoms with Gasteiger partial charge in [0.15, 0.2) is 0 Å². The van der Waals surface area contributed by atoms with Crippen LogP contribution in [0.2, 0.25) is 0 Å². The molecule has 1 atom stereocenters. The Morgan fingerprint density at radius 2 is 2.00 bits per heavy atom. The van der Waals surface area contributed by atoms with Gasteiger partial charge in [0.25, 0.3) is 0 Å². The van der Waals surface area contributed by atoms with Gasteiger partial charge >= 0.3 is 0 Å². The highest BCUT2D eigenvalue weighted by Crippen LogP contribution is 2.28. The molecule has 106 valence electrons. The van der Waals surface area contributed by atoms with E-state index in [4.69, 9.17) is 0 Å². The highest BCUT2D eigenvalue weighted by atomic mass is 32.2. The first-order valence-electron chi connectivity index (χ1n) is 7.68. The van der Waals surface area contributed by atoms with Gasteiger partial charge in [-0.15, -0.1) is 11.8 Å². The number of hydrogen-bond donors (Lipinski definition) is 1. The minimum atomic E-state index is 0.623. The molecule has 0 radical (unpaired) electrons. The van der Waals surface area contributed by atoms with Gasteiger partial charge in [-0.05, 0) is 61.4 Å². The van der Waals surface area contributed by atoms with Crippen LogP contribution in [0.3, 0.4) is 0 Å².